The fourth-order valence-corrected chi connectivity index (χ4v) is 3.12. The van der Waals surface area contributed by atoms with Crippen LogP contribution in [0.1, 0.15) is 19.8 Å². The maximum Gasteiger partial charge on any atom is 0.407 e. The summed E-state index contributed by atoms with van der Waals surface area (Å²) in [4.78, 5) is 22.4. The Balaban J connectivity index is 2.26. The third-order valence-corrected chi connectivity index (χ3v) is 4.98. The van der Waals surface area contributed by atoms with Crippen molar-refractivity contribution in [1.29, 1.82) is 0 Å². The van der Waals surface area contributed by atoms with Gasteiger partial charge in [-0.25, -0.2) is 18.4 Å². The lowest BCUT2D eigenvalue weighted by Crippen LogP contribution is -2.48. The molecule has 132 valence electrons. The van der Waals surface area contributed by atoms with Gasteiger partial charge < -0.3 is 15.3 Å². The molecule has 4 N–H and O–H groups in total. The van der Waals surface area contributed by atoms with Crippen molar-refractivity contribution in [2.75, 3.05) is 18.4 Å². The van der Waals surface area contributed by atoms with E-state index in [1.54, 1.807) is 0 Å². The molecule has 0 radical (unpaired) electrons. The number of nitro groups is 1. The fourth-order valence-electron chi connectivity index (χ4n) is 2.59. The van der Waals surface area contributed by atoms with Gasteiger partial charge in [0, 0.05) is 24.7 Å². The van der Waals surface area contributed by atoms with Crippen LogP contribution in [0, 0.1) is 10.1 Å². The second-order valence-corrected chi connectivity index (χ2v) is 7.50. The Morgan fingerprint density at radius 3 is 2.46 bits per heavy atom. The molecule has 2 rings (SSSR count). The summed E-state index contributed by atoms with van der Waals surface area (Å²) in [5.41, 5.74) is -0.776. The van der Waals surface area contributed by atoms with E-state index in [1.165, 1.54) is 17.0 Å². The van der Waals surface area contributed by atoms with Gasteiger partial charge in [-0.05, 0) is 31.9 Å². The van der Waals surface area contributed by atoms with Crippen LogP contribution in [-0.4, -0.2) is 48.1 Å². The zero-order chi connectivity index (χ0) is 18.1. The zero-order valence-electron chi connectivity index (χ0n) is 12.9. The van der Waals surface area contributed by atoms with Gasteiger partial charge in [0.05, 0.1) is 9.82 Å². The lowest BCUT2D eigenvalue weighted by Gasteiger charge is -2.39. The molecule has 0 aromatic heterocycles. The van der Waals surface area contributed by atoms with Gasteiger partial charge in [0.2, 0.25) is 10.0 Å². The largest absolute Gasteiger partial charge is 0.465 e. The Labute approximate surface area is 138 Å². The number of benzene rings is 1. The first-order valence-corrected chi connectivity index (χ1v) is 8.64. The third-order valence-electron chi connectivity index (χ3n) is 4.07. The van der Waals surface area contributed by atoms with Gasteiger partial charge in [0.15, 0.2) is 0 Å². The summed E-state index contributed by atoms with van der Waals surface area (Å²) in [7, 11) is -4.04. The highest BCUT2D eigenvalue weighted by atomic mass is 32.2. The Kier molecular flexibility index (Phi) is 4.67. The molecule has 24 heavy (non-hydrogen) atoms. The van der Waals surface area contributed by atoms with Crippen LogP contribution in [0.3, 0.4) is 0 Å². The summed E-state index contributed by atoms with van der Waals surface area (Å²) in [6.45, 7) is 2.45. The van der Waals surface area contributed by atoms with Crippen LogP contribution in [0.15, 0.2) is 23.1 Å². The number of hydrogen-bond acceptors (Lipinski definition) is 6. The highest BCUT2D eigenvalue weighted by Gasteiger charge is 2.33. The van der Waals surface area contributed by atoms with E-state index in [-0.39, 0.29) is 10.6 Å². The second kappa shape index (κ2) is 6.24. The molecule has 1 aromatic carbocycles. The monoisotopic (exact) mass is 358 g/mol. The fraction of sp³-hybridized carbons (Fsp3) is 0.462. The number of hydrogen-bond donors (Lipinski definition) is 3. The van der Waals surface area contributed by atoms with Gasteiger partial charge in [-0.3, -0.25) is 10.1 Å². The number of nitrogens with zero attached hydrogens (tertiary/aromatic N) is 2. The van der Waals surface area contributed by atoms with Crippen molar-refractivity contribution in [2.45, 2.75) is 30.2 Å². The summed E-state index contributed by atoms with van der Waals surface area (Å²) in [5, 5.41) is 28.2. The van der Waals surface area contributed by atoms with E-state index in [0.29, 0.717) is 25.9 Å². The number of carboxylic acid groups (broad SMARTS) is 1. The Bertz CT molecular complexity index is 771. The molecule has 0 spiro atoms. The van der Waals surface area contributed by atoms with Crippen LogP contribution in [0.2, 0.25) is 0 Å². The minimum Gasteiger partial charge on any atom is -0.465 e. The predicted molar refractivity (Wildman–Crippen MR) is 85.3 cm³/mol. The topological polar surface area (TPSA) is 156 Å². The van der Waals surface area contributed by atoms with Gasteiger partial charge >= 0.3 is 6.09 Å². The molecule has 11 heteroatoms. The summed E-state index contributed by atoms with van der Waals surface area (Å²) in [6.07, 6.45) is -0.0682. The van der Waals surface area contributed by atoms with E-state index < -0.39 is 32.3 Å². The standard InChI is InChI=1S/C13H18N4O6S/c1-13(4-6-16(7-5-13)12(18)19)15-10-3-2-9(24(14,22)23)8-11(10)17(20)21/h2-3,8,15H,4-7H2,1H3,(H,18,19)(H2,14,22,23). The van der Waals surface area contributed by atoms with Gasteiger partial charge in [-0.1, -0.05) is 0 Å². The lowest BCUT2D eigenvalue weighted by molar-refractivity contribution is -0.384. The Morgan fingerprint density at radius 1 is 1.42 bits per heavy atom. The Morgan fingerprint density at radius 2 is 2.00 bits per heavy atom. The van der Waals surface area contributed by atoms with Crippen molar-refractivity contribution < 1.29 is 23.2 Å². The number of carbonyl (C=O) groups is 1. The van der Waals surface area contributed by atoms with Crippen molar-refractivity contribution >= 4 is 27.5 Å². The van der Waals surface area contributed by atoms with Crippen LogP contribution in [-0.2, 0) is 10.0 Å². The van der Waals surface area contributed by atoms with Crippen molar-refractivity contribution in [3.8, 4) is 0 Å². The number of piperidine rings is 1. The van der Waals surface area contributed by atoms with Gasteiger partial charge in [-0.15, -0.1) is 0 Å². The molecule has 1 aliphatic heterocycles. The molecule has 1 aliphatic rings. The third kappa shape index (κ3) is 3.92. The predicted octanol–water partition coefficient (Wildman–Crippen LogP) is 1.19. The first-order valence-electron chi connectivity index (χ1n) is 7.09. The maximum atomic E-state index is 11.3. The molecule has 1 fully saturated rings. The number of nitrogens with one attached hydrogen (secondary N) is 1. The average Bonchev–Trinajstić information content (AvgIpc) is 2.46. The minimum absolute atomic E-state index is 0.165. The smallest absolute Gasteiger partial charge is 0.407 e. The lowest BCUT2D eigenvalue weighted by atomic mass is 9.89. The Hall–Kier alpha value is -2.40. The number of anilines is 1. The first kappa shape index (κ1) is 17.9. The molecule has 10 nitrogen and oxygen atoms in total. The normalized spacial score (nSPS) is 17.3. The molecule has 1 aromatic rings. The number of nitrogens with two attached hydrogens (primary N) is 1. The van der Waals surface area contributed by atoms with Crippen LogP contribution < -0.4 is 10.5 Å². The highest BCUT2D eigenvalue weighted by molar-refractivity contribution is 7.89. The van der Waals surface area contributed by atoms with Crippen molar-refractivity contribution in [2.24, 2.45) is 5.14 Å². The van der Waals surface area contributed by atoms with Gasteiger partial charge in [0.1, 0.15) is 5.69 Å². The quantitative estimate of drug-likeness (QED) is 0.539. The summed E-state index contributed by atoms with van der Waals surface area (Å²) in [5.74, 6) is 0. The van der Waals surface area contributed by atoms with Gasteiger partial charge in [-0.2, -0.15) is 0 Å². The van der Waals surface area contributed by atoms with E-state index in [1.807, 2.05) is 6.92 Å². The van der Waals surface area contributed by atoms with Crippen molar-refractivity contribution in [1.82, 2.24) is 4.90 Å². The van der Waals surface area contributed by atoms with E-state index in [0.717, 1.165) is 6.07 Å². The molecule has 0 unspecified atom stereocenters. The number of nitro benzene ring substituents is 1. The molecule has 1 heterocycles. The molecule has 0 bridgehead atoms. The SMILES string of the molecule is CC1(Nc2ccc(S(N)(=O)=O)cc2[N+](=O)[O-])CCN(C(=O)O)CC1. The summed E-state index contributed by atoms with van der Waals surface area (Å²) < 4.78 is 22.7. The number of amides is 1. The molecule has 1 amide bonds. The minimum atomic E-state index is -4.04. The molecule has 1 saturated heterocycles. The second-order valence-electron chi connectivity index (χ2n) is 5.94. The van der Waals surface area contributed by atoms with Crippen molar-refractivity contribution in [3.63, 3.8) is 0 Å². The van der Waals surface area contributed by atoms with E-state index in [4.69, 9.17) is 10.2 Å². The molecular weight excluding hydrogens is 340 g/mol. The number of sulfonamides is 1. The molecule has 0 saturated carbocycles. The molecule has 0 aliphatic carbocycles. The number of primary sulfonamides is 1. The highest BCUT2D eigenvalue weighted by Crippen LogP contribution is 2.33. The molecular formula is C13H18N4O6S. The first-order chi connectivity index (χ1) is 11.0. The van der Waals surface area contributed by atoms with Crippen LogP contribution in [0.4, 0.5) is 16.2 Å². The summed E-state index contributed by atoms with van der Waals surface area (Å²) in [6, 6.07) is 3.40. The number of rotatable bonds is 4. The van der Waals surface area contributed by atoms with Crippen molar-refractivity contribution in [3.05, 3.63) is 28.3 Å². The molecule has 0 atom stereocenters. The van der Waals surface area contributed by atoms with Crippen LogP contribution >= 0.6 is 0 Å². The summed E-state index contributed by atoms with van der Waals surface area (Å²) >= 11 is 0. The van der Waals surface area contributed by atoms with E-state index in [2.05, 4.69) is 5.32 Å². The van der Waals surface area contributed by atoms with Gasteiger partial charge in [0.25, 0.3) is 5.69 Å². The zero-order valence-corrected chi connectivity index (χ0v) is 13.7. The average molecular weight is 358 g/mol. The number of likely N-dealkylation sites (tertiary alicyclic amines) is 1. The maximum absolute atomic E-state index is 11.3. The van der Waals surface area contributed by atoms with E-state index >= 15 is 0 Å². The van der Waals surface area contributed by atoms with Crippen LogP contribution in [0.5, 0.6) is 0 Å². The van der Waals surface area contributed by atoms with E-state index in [9.17, 15) is 23.3 Å². The van der Waals surface area contributed by atoms with Crippen LogP contribution in [0.25, 0.3) is 0 Å².